The highest BCUT2D eigenvalue weighted by atomic mass is 79.9. The van der Waals surface area contributed by atoms with Gasteiger partial charge in [-0.2, -0.15) is 0 Å². The summed E-state index contributed by atoms with van der Waals surface area (Å²) >= 11 is 3.44. The van der Waals surface area contributed by atoms with Crippen molar-refractivity contribution in [3.8, 4) is 5.75 Å². The minimum absolute atomic E-state index is 0.0772. The molecule has 1 fully saturated rings. The highest BCUT2D eigenvalue weighted by Crippen LogP contribution is 2.25. The summed E-state index contributed by atoms with van der Waals surface area (Å²) in [4.78, 5) is 27.5. The van der Waals surface area contributed by atoms with Crippen LogP contribution in [0.3, 0.4) is 0 Å². The van der Waals surface area contributed by atoms with Gasteiger partial charge in [-0.25, -0.2) is 0 Å². The first-order valence-corrected chi connectivity index (χ1v) is 8.16. The quantitative estimate of drug-likeness (QED) is 0.820. The van der Waals surface area contributed by atoms with Crippen molar-refractivity contribution in [3.63, 3.8) is 0 Å². The first kappa shape index (κ1) is 16.8. The van der Waals surface area contributed by atoms with Crippen molar-refractivity contribution < 1.29 is 14.3 Å². The van der Waals surface area contributed by atoms with Crippen LogP contribution in [-0.4, -0.2) is 54.9 Å². The lowest BCUT2D eigenvalue weighted by Crippen LogP contribution is -2.37. The second kappa shape index (κ2) is 7.63. The molecule has 22 heavy (non-hydrogen) atoms. The van der Waals surface area contributed by atoms with Gasteiger partial charge in [0.2, 0.25) is 11.8 Å². The molecule has 0 bridgehead atoms. The summed E-state index contributed by atoms with van der Waals surface area (Å²) in [6.45, 7) is 4.24. The van der Waals surface area contributed by atoms with Crippen LogP contribution in [0.1, 0.15) is 18.9 Å². The zero-order valence-electron chi connectivity index (χ0n) is 13.0. The highest BCUT2D eigenvalue weighted by molar-refractivity contribution is 9.10. The zero-order valence-corrected chi connectivity index (χ0v) is 14.6. The smallest absolute Gasteiger partial charge is 0.227 e. The normalized spacial score (nSPS) is 15.4. The monoisotopic (exact) mass is 368 g/mol. The number of halogens is 1. The van der Waals surface area contributed by atoms with Crippen LogP contribution in [0.25, 0.3) is 0 Å². The van der Waals surface area contributed by atoms with Gasteiger partial charge < -0.3 is 14.5 Å². The summed E-state index contributed by atoms with van der Waals surface area (Å²) in [6.07, 6.45) is 1.19. The van der Waals surface area contributed by atoms with Crippen LogP contribution in [-0.2, 0) is 16.0 Å². The maximum Gasteiger partial charge on any atom is 0.227 e. The van der Waals surface area contributed by atoms with Crippen molar-refractivity contribution in [1.29, 1.82) is 0 Å². The van der Waals surface area contributed by atoms with Crippen LogP contribution in [0.15, 0.2) is 22.7 Å². The average Bonchev–Trinajstić information content (AvgIpc) is 2.73. The van der Waals surface area contributed by atoms with Crippen molar-refractivity contribution in [3.05, 3.63) is 28.2 Å². The Morgan fingerprint density at radius 3 is 2.50 bits per heavy atom. The molecule has 0 radical (unpaired) electrons. The summed E-state index contributed by atoms with van der Waals surface area (Å²) in [6, 6.07) is 5.67. The Morgan fingerprint density at radius 1 is 1.18 bits per heavy atom. The van der Waals surface area contributed by atoms with E-state index in [1.165, 1.54) is 0 Å². The molecule has 1 heterocycles. The van der Waals surface area contributed by atoms with E-state index in [2.05, 4.69) is 15.9 Å². The SMILES string of the molecule is COc1ccc(CC(=O)N2CCCN(C(C)=O)CC2)cc1Br. The van der Waals surface area contributed by atoms with Crippen molar-refractivity contribution >= 4 is 27.7 Å². The van der Waals surface area contributed by atoms with Gasteiger partial charge in [-0.05, 0) is 40.0 Å². The largest absolute Gasteiger partial charge is 0.496 e. The van der Waals surface area contributed by atoms with Gasteiger partial charge in [-0.1, -0.05) is 6.07 Å². The molecular weight excluding hydrogens is 348 g/mol. The van der Waals surface area contributed by atoms with Gasteiger partial charge in [-0.15, -0.1) is 0 Å². The summed E-state index contributed by atoms with van der Waals surface area (Å²) in [7, 11) is 1.61. The van der Waals surface area contributed by atoms with Gasteiger partial charge in [0.05, 0.1) is 18.0 Å². The van der Waals surface area contributed by atoms with Crippen molar-refractivity contribution in [2.45, 2.75) is 19.8 Å². The van der Waals surface area contributed by atoms with E-state index in [-0.39, 0.29) is 11.8 Å². The van der Waals surface area contributed by atoms with Gasteiger partial charge in [-0.3, -0.25) is 9.59 Å². The zero-order chi connectivity index (χ0) is 16.1. The second-order valence-electron chi connectivity index (χ2n) is 5.39. The third-order valence-electron chi connectivity index (χ3n) is 3.87. The number of nitrogens with zero attached hydrogens (tertiary/aromatic N) is 2. The van der Waals surface area contributed by atoms with Crippen molar-refractivity contribution in [2.75, 3.05) is 33.3 Å². The summed E-state index contributed by atoms with van der Waals surface area (Å²) in [5.74, 6) is 0.930. The van der Waals surface area contributed by atoms with E-state index in [0.717, 1.165) is 28.8 Å². The van der Waals surface area contributed by atoms with E-state index in [4.69, 9.17) is 4.74 Å². The molecule has 0 saturated carbocycles. The molecule has 120 valence electrons. The van der Waals surface area contributed by atoms with Gasteiger partial charge in [0.25, 0.3) is 0 Å². The first-order valence-electron chi connectivity index (χ1n) is 7.37. The van der Waals surface area contributed by atoms with Gasteiger partial charge >= 0.3 is 0 Å². The maximum absolute atomic E-state index is 12.4. The molecule has 1 aromatic rings. The molecule has 1 aliphatic rings. The number of amides is 2. The van der Waals surface area contributed by atoms with Gasteiger partial charge in [0.1, 0.15) is 5.75 Å². The van der Waals surface area contributed by atoms with Crippen molar-refractivity contribution in [2.24, 2.45) is 0 Å². The van der Waals surface area contributed by atoms with Crippen LogP contribution < -0.4 is 4.74 Å². The predicted molar refractivity (Wildman–Crippen MR) is 87.8 cm³/mol. The first-order chi connectivity index (χ1) is 10.5. The number of hydrogen-bond acceptors (Lipinski definition) is 3. The topological polar surface area (TPSA) is 49.9 Å². The maximum atomic E-state index is 12.4. The van der Waals surface area contributed by atoms with E-state index < -0.39 is 0 Å². The van der Waals surface area contributed by atoms with Crippen LogP contribution in [0.2, 0.25) is 0 Å². The van der Waals surface area contributed by atoms with E-state index in [0.29, 0.717) is 26.1 Å². The van der Waals surface area contributed by atoms with E-state index in [1.807, 2.05) is 23.1 Å². The van der Waals surface area contributed by atoms with E-state index in [9.17, 15) is 9.59 Å². The molecule has 0 atom stereocenters. The molecule has 1 saturated heterocycles. The number of benzene rings is 1. The molecule has 1 aromatic carbocycles. The molecule has 0 N–H and O–H groups in total. The number of carbonyl (C=O) groups is 2. The molecule has 6 heteroatoms. The lowest BCUT2D eigenvalue weighted by Gasteiger charge is -2.21. The number of ether oxygens (including phenoxy) is 1. The van der Waals surface area contributed by atoms with E-state index in [1.54, 1.807) is 18.9 Å². The lowest BCUT2D eigenvalue weighted by atomic mass is 10.1. The van der Waals surface area contributed by atoms with Crippen LogP contribution in [0, 0.1) is 0 Å². The Bertz CT molecular complexity index is 562. The highest BCUT2D eigenvalue weighted by Gasteiger charge is 2.20. The average molecular weight is 369 g/mol. The standard InChI is InChI=1S/C16H21BrN2O3/c1-12(20)18-6-3-7-19(9-8-18)16(21)11-13-4-5-15(22-2)14(17)10-13/h4-5,10H,3,6-9,11H2,1-2H3. The fraction of sp³-hybridized carbons (Fsp3) is 0.500. The third kappa shape index (κ3) is 4.22. The summed E-state index contributed by atoms with van der Waals surface area (Å²) < 4.78 is 6.04. The number of carbonyl (C=O) groups excluding carboxylic acids is 2. The molecule has 1 aliphatic heterocycles. The Labute approximate surface area is 139 Å². The van der Waals surface area contributed by atoms with E-state index >= 15 is 0 Å². The predicted octanol–water partition coefficient (Wildman–Crippen LogP) is 2.08. The molecule has 0 spiro atoms. The molecular formula is C16H21BrN2O3. The Kier molecular flexibility index (Phi) is 5.83. The third-order valence-corrected chi connectivity index (χ3v) is 4.49. The summed E-state index contributed by atoms with van der Waals surface area (Å²) in [5.41, 5.74) is 0.949. The Hall–Kier alpha value is -1.56. The van der Waals surface area contributed by atoms with Crippen molar-refractivity contribution in [1.82, 2.24) is 9.80 Å². The number of hydrogen-bond donors (Lipinski definition) is 0. The minimum Gasteiger partial charge on any atom is -0.496 e. The molecule has 2 amide bonds. The molecule has 2 rings (SSSR count). The second-order valence-corrected chi connectivity index (χ2v) is 6.24. The van der Waals surface area contributed by atoms with Crippen LogP contribution >= 0.6 is 15.9 Å². The van der Waals surface area contributed by atoms with Crippen LogP contribution in [0.4, 0.5) is 0 Å². The molecule has 5 nitrogen and oxygen atoms in total. The number of rotatable bonds is 3. The fourth-order valence-electron chi connectivity index (χ4n) is 2.59. The Balaban J connectivity index is 1.97. The molecule has 0 aliphatic carbocycles. The minimum atomic E-state index is 0.0772. The number of methoxy groups -OCH3 is 1. The Morgan fingerprint density at radius 2 is 1.86 bits per heavy atom. The van der Waals surface area contributed by atoms with Gasteiger partial charge in [0.15, 0.2) is 0 Å². The van der Waals surface area contributed by atoms with Crippen LogP contribution in [0.5, 0.6) is 5.75 Å². The molecule has 0 aromatic heterocycles. The molecule has 0 unspecified atom stereocenters. The lowest BCUT2D eigenvalue weighted by molar-refractivity contribution is -0.132. The van der Waals surface area contributed by atoms with Gasteiger partial charge in [0, 0.05) is 33.1 Å². The summed E-state index contributed by atoms with van der Waals surface area (Å²) in [5, 5.41) is 0. The fourth-order valence-corrected chi connectivity index (χ4v) is 3.18.